The SMILES string of the molecule is CCCCc1c(C(C)C)oc2ccc(Br)cc12. The Hall–Kier alpha value is -0.760. The molecule has 1 aromatic heterocycles. The zero-order valence-electron chi connectivity index (χ0n) is 10.7. The summed E-state index contributed by atoms with van der Waals surface area (Å²) in [4.78, 5) is 0. The van der Waals surface area contributed by atoms with Gasteiger partial charge in [-0.25, -0.2) is 0 Å². The number of furan rings is 1. The van der Waals surface area contributed by atoms with Gasteiger partial charge in [0, 0.05) is 21.3 Å². The number of benzene rings is 1. The molecule has 17 heavy (non-hydrogen) atoms. The summed E-state index contributed by atoms with van der Waals surface area (Å²) in [5.74, 6) is 1.61. The van der Waals surface area contributed by atoms with Crippen LogP contribution in [0.3, 0.4) is 0 Å². The first-order chi connectivity index (χ1) is 8.13. The molecule has 0 aliphatic rings. The molecule has 0 aliphatic heterocycles. The van der Waals surface area contributed by atoms with Gasteiger partial charge in [-0.2, -0.15) is 0 Å². The molecule has 92 valence electrons. The van der Waals surface area contributed by atoms with Gasteiger partial charge in [0.05, 0.1) is 0 Å². The van der Waals surface area contributed by atoms with Crippen molar-refractivity contribution >= 4 is 26.9 Å². The minimum Gasteiger partial charge on any atom is -0.461 e. The van der Waals surface area contributed by atoms with Crippen LogP contribution in [0.15, 0.2) is 27.1 Å². The van der Waals surface area contributed by atoms with Gasteiger partial charge in [-0.05, 0) is 31.0 Å². The predicted molar refractivity (Wildman–Crippen MR) is 76.6 cm³/mol. The molecule has 0 aliphatic carbocycles. The Kier molecular flexibility index (Phi) is 3.93. The Morgan fingerprint density at radius 3 is 2.71 bits per heavy atom. The van der Waals surface area contributed by atoms with Crippen LogP contribution in [0.5, 0.6) is 0 Å². The van der Waals surface area contributed by atoms with Gasteiger partial charge in [-0.1, -0.05) is 43.1 Å². The molecule has 1 heterocycles. The van der Waals surface area contributed by atoms with E-state index in [4.69, 9.17) is 4.42 Å². The van der Waals surface area contributed by atoms with Crippen LogP contribution in [0.2, 0.25) is 0 Å². The van der Waals surface area contributed by atoms with Crippen molar-refractivity contribution in [3.8, 4) is 0 Å². The van der Waals surface area contributed by atoms with Crippen LogP contribution in [0.1, 0.15) is 50.9 Å². The lowest BCUT2D eigenvalue weighted by molar-refractivity contribution is 0.513. The minimum absolute atomic E-state index is 0.452. The molecule has 0 bridgehead atoms. The predicted octanol–water partition coefficient (Wildman–Crippen LogP) is 5.66. The molecule has 1 aromatic carbocycles. The molecule has 0 N–H and O–H groups in total. The topological polar surface area (TPSA) is 13.1 Å². The monoisotopic (exact) mass is 294 g/mol. The lowest BCUT2D eigenvalue weighted by Gasteiger charge is -2.05. The maximum absolute atomic E-state index is 5.99. The average Bonchev–Trinajstić information content (AvgIpc) is 2.64. The Balaban J connectivity index is 2.56. The van der Waals surface area contributed by atoms with Gasteiger partial charge in [0.2, 0.25) is 0 Å². The van der Waals surface area contributed by atoms with E-state index in [-0.39, 0.29) is 0 Å². The molecule has 0 saturated heterocycles. The lowest BCUT2D eigenvalue weighted by atomic mass is 9.99. The molecule has 1 nitrogen and oxygen atoms in total. The highest BCUT2D eigenvalue weighted by molar-refractivity contribution is 9.10. The molecule has 0 unspecified atom stereocenters. The van der Waals surface area contributed by atoms with Crippen molar-refractivity contribution in [2.24, 2.45) is 0 Å². The summed E-state index contributed by atoms with van der Waals surface area (Å²) in [6.45, 7) is 6.62. The van der Waals surface area contributed by atoms with E-state index in [1.807, 2.05) is 6.07 Å². The summed E-state index contributed by atoms with van der Waals surface area (Å²) in [6, 6.07) is 6.27. The van der Waals surface area contributed by atoms with Crippen molar-refractivity contribution in [1.29, 1.82) is 0 Å². The summed E-state index contributed by atoms with van der Waals surface area (Å²) in [5.41, 5.74) is 2.42. The number of unbranched alkanes of at least 4 members (excludes halogenated alkanes) is 1. The number of hydrogen-bond donors (Lipinski definition) is 0. The van der Waals surface area contributed by atoms with Crippen molar-refractivity contribution < 1.29 is 4.42 Å². The standard InChI is InChI=1S/C15H19BrO/c1-4-5-6-12-13-9-11(16)7-8-14(13)17-15(12)10(2)3/h7-10H,4-6H2,1-3H3. The molecular weight excluding hydrogens is 276 g/mol. The normalized spacial score (nSPS) is 11.6. The number of fused-ring (bicyclic) bond motifs is 1. The van der Waals surface area contributed by atoms with Gasteiger partial charge in [-0.15, -0.1) is 0 Å². The zero-order chi connectivity index (χ0) is 12.4. The number of halogens is 1. The summed E-state index contributed by atoms with van der Waals surface area (Å²) in [7, 11) is 0. The molecule has 2 aromatic rings. The van der Waals surface area contributed by atoms with E-state index in [0.717, 1.165) is 22.2 Å². The minimum atomic E-state index is 0.452. The quantitative estimate of drug-likeness (QED) is 0.709. The summed E-state index contributed by atoms with van der Waals surface area (Å²) < 4.78 is 7.12. The molecule has 2 heteroatoms. The van der Waals surface area contributed by atoms with Crippen LogP contribution in [-0.2, 0) is 6.42 Å². The smallest absolute Gasteiger partial charge is 0.134 e. The molecule has 0 saturated carbocycles. The molecular formula is C15H19BrO. The Labute approximate surface area is 111 Å². The second-order valence-corrected chi connectivity index (χ2v) is 5.76. The van der Waals surface area contributed by atoms with Crippen LogP contribution >= 0.6 is 15.9 Å². The maximum atomic E-state index is 5.99. The Morgan fingerprint density at radius 2 is 2.06 bits per heavy atom. The number of hydrogen-bond acceptors (Lipinski definition) is 1. The second kappa shape index (κ2) is 5.26. The molecule has 0 amide bonds. The zero-order valence-corrected chi connectivity index (χ0v) is 12.3. The van der Waals surface area contributed by atoms with Crippen LogP contribution in [0.4, 0.5) is 0 Å². The first-order valence-corrected chi connectivity index (χ1v) is 7.13. The van der Waals surface area contributed by atoms with Crippen LogP contribution < -0.4 is 0 Å². The van der Waals surface area contributed by atoms with Crippen molar-refractivity contribution in [1.82, 2.24) is 0 Å². The molecule has 2 rings (SSSR count). The van der Waals surface area contributed by atoms with Gasteiger partial charge in [0.15, 0.2) is 0 Å². The molecule has 0 atom stereocenters. The van der Waals surface area contributed by atoms with E-state index in [9.17, 15) is 0 Å². The Bertz CT molecular complexity index is 511. The molecule has 0 fully saturated rings. The van der Waals surface area contributed by atoms with E-state index in [1.54, 1.807) is 0 Å². The lowest BCUT2D eigenvalue weighted by Crippen LogP contribution is -1.92. The third kappa shape index (κ3) is 2.57. The fraction of sp³-hybridized carbons (Fsp3) is 0.467. The van der Waals surface area contributed by atoms with E-state index in [0.29, 0.717) is 5.92 Å². The van der Waals surface area contributed by atoms with Crippen molar-refractivity contribution in [2.75, 3.05) is 0 Å². The van der Waals surface area contributed by atoms with E-state index < -0.39 is 0 Å². The van der Waals surface area contributed by atoms with Gasteiger partial charge in [-0.3, -0.25) is 0 Å². The summed E-state index contributed by atoms with van der Waals surface area (Å²) in [6.07, 6.45) is 3.56. The fourth-order valence-corrected chi connectivity index (χ4v) is 2.58. The van der Waals surface area contributed by atoms with Crippen LogP contribution in [-0.4, -0.2) is 0 Å². The first kappa shape index (κ1) is 12.7. The highest BCUT2D eigenvalue weighted by Crippen LogP contribution is 2.33. The van der Waals surface area contributed by atoms with Gasteiger partial charge < -0.3 is 4.42 Å². The van der Waals surface area contributed by atoms with Gasteiger partial charge >= 0.3 is 0 Å². The second-order valence-electron chi connectivity index (χ2n) is 4.84. The first-order valence-electron chi connectivity index (χ1n) is 6.34. The van der Waals surface area contributed by atoms with E-state index >= 15 is 0 Å². The third-order valence-corrected chi connectivity index (χ3v) is 3.58. The van der Waals surface area contributed by atoms with E-state index in [2.05, 4.69) is 48.8 Å². The number of aryl methyl sites for hydroxylation is 1. The van der Waals surface area contributed by atoms with Crippen molar-refractivity contribution in [3.63, 3.8) is 0 Å². The number of rotatable bonds is 4. The largest absolute Gasteiger partial charge is 0.461 e. The summed E-state index contributed by atoms with van der Waals surface area (Å²) in [5, 5.41) is 1.27. The van der Waals surface area contributed by atoms with Crippen molar-refractivity contribution in [3.05, 3.63) is 34.0 Å². The Morgan fingerprint density at radius 1 is 1.29 bits per heavy atom. The van der Waals surface area contributed by atoms with E-state index in [1.165, 1.54) is 23.8 Å². The fourth-order valence-electron chi connectivity index (χ4n) is 2.22. The average molecular weight is 295 g/mol. The summed E-state index contributed by atoms with van der Waals surface area (Å²) >= 11 is 3.54. The van der Waals surface area contributed by atoms with Gasteiger partial charge in [0.1, 0.15) is 11.3 Å². The van der Waals surface area contributed by atoms with Crippen LogP contribution in [0, 0.1) is 0 Å². The third-order valence-electron chi connectivity index (χ3n) is 3.09. The molecule has 0 radical (unpaired) electrons. The van der Waals surface area contributed by atoms with Crippen molar-refractivity contribution in [2.45, 2.75) is 46.0 Å². The van der Waals surface area contributed by atoms with Crippen LogP contribution in [0.25, 0.3) is 11.0 Å². The van der Waals surface area contributed by atoms with Gasteiger partial charge in [0.25, 0.3) is 0 Å². The highest BCUT2D eigenvalue weighted by atomic mass is 79.9. The maximum Gasteiger partial charge on any atom is 0.134 e. The molecule has 0 spiro atoms. The highest BCUT2D eigenvalue weighted by Gasteiger charge is 2.16.